The summed E-state index contributed by atoms with van der Waals surface area (Å²) in [5.41, 5.74) is 1.65. The standard InChI is InChI=1S/C14H24/c1-10-5-7-13(8-10)14-9-11(2)4-6-12(14)3/h4,10,12-14H,5-9H2,1-3H3. The Hall–Kier alpha value is -0.260. The van der Waals surface area contributed by atoms with Crippen LogP contribution in [0, 0.1) is 23.7 Å². The summed E-state index contributed by atoms with van der Waals surface area (Å²) in [6.07, 6.45) is 9.67. The molecular formula is C14H24. The molecule has 0 heteroatoms. The molecule has 0 nitrogen and oxygen atoms in total. The summed E-state index contributed by atoms with van der Waals surface area (Å²) in [4.78, 5) is 0. The largest absolute Gasteiger partial charge is 0.0853 e. The molecule has 0 spiro atoms. The lowest BCUT2D eigenvalue weighted by molar-refractivity contribution is 0.227. The molecule has 0 bridgehead atoms. The van der Waals surface area contributed by atoms with E-state index in [2.05, 4.69) is 26.8 Å². The van der Waals surface area contributed by atoms with Gasteiger partial charge in [-0.15, -0.1) is 0 Å². The van der Waals surface area contributed by atoms with Gasteiger partial charge in [0.2, 0.25) is 0 Å². The fourth-order valence-corrected chi connectivity index (χ4v) is 3.49. The lowest BCUT2D eigenvalue weighted by Crippen LogP contribution is -2.23. The second kappa shape index (κ2) is 4.08. The maximum Gasteiger partial charge on any atom is -0.0289 e. The van der Waals surface area contributed by atoms with Crippen LogP contribution in [0.1, 0.15) is 52.9 Å². The predicted molar refractivity (Wildman–Crippen MR) is 62.2 cm³/mol. The van der Waals surface area contributed by atoms with E-state index in [1.807, 2.05) is 0 Å². The molecule has 0 aliphatic heterocycles. The Labute approximate surface area is 88.8 Å². The van der Waals surface area contributed by atoms with Gasteiger partial charge in [-0.05, 0) is 56.3 Å². The van der Waals surface area contributed by atoms with Crippen LogP contribution >= 0.6 is 0 Å². The number of hydrogen-bond acceptors (Lipinski definition) is 0. The topological polar surface area (TPSA) is 0 Å². The number of rotatable bonds is 1. The summed E-state index contributed by atoms with van der Waals surface area (Å²) in [6, 6.07) is 0. The Morgan fingerprint density at radius 1 is 1.21 bits per heavy atom. The molecule has 0 aromatic carbocycles. The molecule has 0 amide bonds. The molecule has 14 heavy (non-hydrogen) atoms. The van der Waals surface area contributed by atoms with Gasteiger partial charge in [0.05, 0.1) is 0 Å². The van der Waals surface area contributed by atoms with Gasteiger partial charge >= 0.3 is 0 Å². The smallest absolute Gasteiger partial charge is 0.0289 e. The van der Waals surface area contributed by atoms with Gasteiger partial charge in [-0.3, -0.25) is 0 Å². The first-order valence-electron chi connectivity index (χ1n) is 6.32. The van der Waals surface area contributed by atoms with Crippen molar-refractivity contribution in [3.63, 3.8) is 0 Å². The molecule has 4 atom stereocenters. The average Bonchev–Trinajstić information content (AvgIpc) is 2.56. The monoisotopic (exact) mass is 192 g/mol. The van der Waals surface area contributed by atoms with E-state index in [-0.39, 0.29) is 0 Å². The van der Waals surface area contributed by atoms with Crippen LogP contribution in [0.4, 0.5) is 0 Å². The Morgan fingerprint density at radius 3 is 2.64 bits per heavy atom. The van der Waals surface area contributed by atoms with E-state index in [1.54, 1.807) is 5.57 Å². The van der Waals surface area contributed by atoms with Gasteiger partial charge in [-0.25, -0.2) is 0 Å². The van der Waals surface area contributed by atoms with Crippen LogP contribution in [0.15, 0.2) is 11.6 Å². The van der Waals surface area contributed by atoms with Gasteiger partial charge in [0.25, 0.3) is 0 Å². The van der Waals surface area contributed by atoms with Crippen molar-refractivity contribution >= 4 is 0 Å². The van der Waals surface area contributed by atoms with Gasteiger partial charge in [0.15, 0.2) is 0 Å². The summed E-state index contributed by atoms with van der Waals surface area (Å²) < 4.78 is 0. The van der Waals surface area contributed by atoms with Crippen LogP contribution in [0.2, 0.25) is 0 Å². The van der Waals surface area contributed by atoms with Crippen molar-refractivity contribution in [3.8, 4) is 0 Å². The quantitative estimate of drug-likeness (QED) is 0.540. The lowest BCUT2D eigenvalue weighted by atomic mass is 9.73. The maximum absolute atomic E-state index is 2.46. The van der Waals surface area contributed by atoms with E-state index in [4.69, 9.17) is 0 Å². The highest BCUT2D eigenvalue weighted by Crippen LogP contribution is 2.43. The van der Waals surface area contributed by atoms with Crippen LogP contribution in [-0.2, 0) is 0 Å². The Morgan fingerprint density at radius 2 is 2.00 bits per heavy atom. The van der Waals surface area contributed by atoms with E-state index in [9.17, 15) is 0 Å². The van der Waals surface area contributed by atoms with E-state index < -0.39 is 0 Å². The van der Waals surface area contributed by atoms with Crippen molar-refractivity contribution in [2.75, 3.05) is 0 Å². The van der Waals surface area contributed by atoms with Gasteiger partial charge in [0, 0.05) is 0 Å². The zero-order chi connectivity index (χ0) is 10.1. The van der Waals surface area contributed by atoms with Crippen molar-refractivity contribution < 1.29 is 0 Å². The molecule has 0 aromatic heterocycles. The third kappa shape index (κ3) is 2.04. The van der Waals surface area contributed by atoms with E-state index in [0.29, 0.717) is 0 Å². The SMILES string of the molecule is CC1=CCC(C)C(C2CCC(C)C2)C1. The maximum atomic E-state index is 2.46. The first kappa shape index (κ1) is 10.3. The van der Waals surface area contributed by atoms with E-state index in [0.717, 1.165) is 23.7 Å². The number of allylic oxidation sites excluding steroid dienone is 2. The average molecular weight is 192 g/mol. The summed E-state index contributed by atoms with van der Waals surface area (Å²) in [6.45, 7) is 7.20. The minimum Gasteiger partial charge on any atom is -0.0853 e. The van der Waals surface area contributed by atoms with Gasteiger partial charge < -0.3 is 0 Å². The van der Waals surface area contributed by atoms with E-state index >= 15 is 0 Å². The molecule has 1 saturated carbocycles. The second-order valence-electron chi connectivity index (χ2n) is 5.81. The summed E-state index contributed by atoms with van der Waals surface area (Å²) >= 11 is 0. The fourth-order valence-electron chi connectivity index (χ4n) is 3.49. The van der Waals surface area contributed by atoms with Crippen molar-refractivity contribution in [1.82, 2.24) is 0 Å². The number of hydrogen-bond donors (Lipinski definition) is 0. The molecule has 0 radical (unpaired) electrons. The van der Waals surface area contributed by atoms with Crippen molar-refractivity contribution in [2.45, 2.75) is 52.9 Å². The molecule has 80 valence electrons. The summed E-state index contributed by atoms with van der Waals surface area (Å²) in [7, 11) is 0. The van der Waals surface area contributed by atoms with Gasteiger partial charge in [-0.2, -0.15) is 0 Å². The zero-order valence-corrected chi connectivity index (χ0v) is 9.92. The Bertz CT molecular complexity index is 226. The molecule has 2 aliphatic rings. The van der Waals surface area contributed by atoms with Crippen LogP contribution < -0.4 is 0 Å². The van der Waals surface area contributed by atoms with Crippen molar-refractivity contribution in [2.24, 2.45) is 23.7 Å². The first-order chi connectivity index (χ1) is 6.66. The van der Waals surface area contributed by atoms with Crippen LogP contribution in [0.5, 0.6) is 0 Å². The molecule has 0 aromatic rings. The lowest BCUT2D eigenvalue weighted by Gasteiger charge is -2.32. The highest BCUT2D eigenvalue weighted by atomic mass is 14.4. The second-order valence-corrected chi connectivity index (χ2v) is 5.81. The van der Waals surface area contributed by atoms with Crippen LogP contribution in [0.3, 0.4) is 0 Å². The van der Waals surface area contributed by atoms with Crippen LogP contribution in [0.25, 0.3) is 0 Å². The third-order valence-electron chi connectivity index (χ3n) is 4.47. The molecule has 1 fully saturated rings. The molecule has 2 aliphatic carbocycles. The first-order valence-corrected chi connectivity index (χ1v) is 6.32. The molecular weight excluding hydrogens is 168 g/mol. The summed E-state index contributed by atoms with van der Waals surface area (Å²) in [5, 5.41) is 0. The summed E-state index contributed by atoms with van der Waals surface area (Å²) in [5.74, 6) is 3.99. The predicted octanol–water partition coefficient (Wildman–Crippen LogP) is 4.42. The van der Waals surface area contributed by atoms with Crippen LogP contribution in [-0.4, -0.2) is 0 Å². The van der Waals surface area contributed by atoms with Crippen molar-refractivity contribution in [3.05, 3.63) is 11.6 Å². The molecule has 0 N–H and O–H groups in total. The molecule has 0 heterocycles. The highest BCUT2D eigenvalue weighted by Gasteiger charge is 2.32. The zero-order valence-electron chi connectivity index (χ0n) is 9.92. The molecule has 2 rings (SSSR count). The van der Waals surface area contributed by atoms with Gasteiger partial charge in [-0.1, -0.05) is 31.9 Å². The molecule has 0 saturated heterocycles. The normalized spacial score (nSPS) is 43.8. The Kier molecular flexibility index (Phi) is 2.99. The molecule has 4 unspecified atom stereocenters. The minimum absolute atomic E-state index is 0.939. The third-order valence-corrected chi connectivity index (χ3v) is 4.47. The van der Waals surface area contributed by atoms with E-state index in [1.165, 1.54) is 32.1 Å². The Balaban J connectivity index is 2.00. The fraction of sp³-hybridized carbons (Fsp3) is 0.857. The van der Waals surface area contributed by atoms with Gasteiger partial charge in [0.1, 0.15) is 0 Å². The highest BCUT2D eigenvalue weighted by molar-refractivity contribution is 5.06. The minimum atomic E-state index is 0.939. The van der Waals surface area contributed by atoms with Crippen molar-refractivity contribution in [1.29, 1.82) is 0 Å².